The smallest absolute Gasteiger partial charge is 0.337 e. The van der Waals surface area contributed by atoms with E-state index in [4.69, 9.17) is 4.74 Å². The zero-order chi connectivity index (χ0) is 20.7. The van der Waals surface area contributed by atoms with Crippen LogP contribution in [-0.4, -0.2) is 28.1 Å². The van der Waals surface area contributed by atoms with Gasteiger partial charge in [0.2, 0.25) is 0 Å². The number of carbonyl (C=O) groups excluding carboxylic acids is 1. The first-order valence-corrected chi connectivity index (χ1v) is 10.4. The summed E-state index contributed by atoms with van der Waals surface area (Å²) in [5, 5.41) is 0. The van der Waals surface area contributed by atoms with Gasteiger partial charge in [-0.1, -0.05) is 42.5 Å². The number of carbonyl (C=O) groups is 1. The Morgan fingerprint density at radius 1 is 0.931 bits per heavy atom. The summed E-state index contributed by atoms with van der Waals surface area (Å²) in [7, 11) is -2.63. The quantitative estimate of drug-likeness (QED) is 0.569. The molecular formula is C22H21NO5S. The second-order valence-corrected chi connectivity index (χ2v) is 7.92. The van der Waals surface area contributed by atoms with Gasteiger partial charge in [-0.3, -0.25) is 4.72 Å². The minimum Gasteiger partial charge on any atom is -0.493 e. The van der Waals surface area contributed by atoms with Gasteiger partial charge in [0.05, 0.1) is 29.9 Å². The van der Waals surface area contributed by atoms with Gasteiger partial charge in [-0.2, -0.15) is 0 Å². The van der Waals surface area contributed by atoms with Crippen LogP contribution in [0.1, 0.15) is 15.9 Å². The molecule has 3 rings (SSSR count). The summed E-state index contributed by atoms with van der Waals surface area (Å²) in [5.74, 6) is -0.0414. The molecule has 0 aliphatic rings. The Kier molecular flexibility index (Phi) is 6.51. The Morgan fingerprint density at radius 2 is 1.69 bits per heavy atom. The normalized spacial score (nSPS) is 10.9. The summed E-state index contributed by atoms with van der Waals surface area (Å²) in [4.78, 5) is 11.6. The highest BCUT2D eigenvalue weighted by Crippen LogP contribution is 2.22. The van der Waals surface area contributed by atoms with Gasteiger partial charge in [-0.15, -0.1) is 0 Å². The summed E-state index contributed by atoms with van der Waals surface area (Å²) >= 11 is 0. The molecule has 0 bridgehead atoms. The summed E-state index contributed by atoms with van der Waals surface area (Å²) < 4.78 is 38.2. The number of anilines is 1. The Morgan fingerprint density at radius 3 is 2.45 bits per heavy atom. The number of benzene rings is 3. The first-order valence-electron chi connectivity index (χ1n) is 8.96. The van der Waals surface area contributed by atoms with Gasteiger partial charge in [-0.05, 0) is 35.9 Å². The maximum absolute atomic E-state index is 12.7. The minimum atomic E-state index is -3.87. The Balaban J connectivity index is 1.68. The molecule has 3 aromatic rings. The molecule has 6 nitrogen and oxygen atoms in total. The zero-order valence-electron chi connectivity index (χ0n) is 15.9. The lowest BCUT2D eigenvalue weighted by atomic mass is 10.2. The molecule has 0 aliphatic heterocycles. The van der Waals surface area contributed by atoms with Crippen molar-refractivity contribution in [1.82, 2.24) is 0 Å². The number of sulfonamides is 1. The Hall–Kier alpha value is -3.32. The first kappa shape index (κ1) is 20.4. The molecule has 0 saturated heterocycles. The van der Waals surface area contributed by atoms with Crippen LogP contribution in [0.2, 0.25) is 0 Å². The van der Waals surface area contributed by atoms with Crippen LogP contribution in [0.3, 0.4) is 0 Å². The monoisotopic (exact) mass is 411 g/mol. The molecular weight excluding hydrogens is 390 g/mol. The molecule has 7 heteroatoms. The van der Waals surface area contributed by atoms with E-state index in [1.165, 1.54) is 31.4 Å². The van der Waals surface area contributed by atoms with Crippen molar-refractivity contribution in [1.29, 1.82) is 0 Å². The van der Waals surface area contributed by atoms with Crippen LogP contribution < -0.4 is 9.46 Å². The van der Waals surface area contributed by atoms with Crippen molar-refractivity contribution in [3.8, 4) is 5.75 Å². The highest BCUT2D eigenvalue weighted by atomic mass is 32.2. The SMILES string of the molecule is COC(=O)c1cccc(S(=O)(=O)Nc2cccc(OCCc3ccccc3)c2)c1. The van der Waals surface area contributed by atoms with Crippen LogP contribution in [0.4, 0.5) is 5.69 Å². The summed E-state index contributed by atoms with van der Waals surface area (Å²) in [6.45, 7) is 0.474. The lowest BCUT2D eigenvalue weighted by Crippen LogP contribution is -2.14. The highest BCUT2D eigenvalue weighted by Gasteiger charge is 2.17. The Bertz CT molecular complexity index is 1080. The van der Waals surface area contributed by atoms with Crippen LogP contribution in [-0.2, 0) is 21.2 Å². The van der Waals surface area contributed by atoms with Crippen LogP contribution >= 0.6 is 0 Å². The number of methoxy groups -OCH3 is 1. The predicted octanol–water partition coefficient (Wildman–Crippen LogP) is 3.90. The third-order valence-electron chi connectivity index (χ3n) is 4.15. The molecule has 29 heavy (non-hydrogen) atoms. The minimum absolute atomic E-state index is 0.0317. The third-order valence-corrected chi connectivity index (χ3v) is 5.53. The number of nitrogens with one attached hydrogen (secondary N) is 1. The van der Waals surface area contributed by atoms with Gasteiger partial charge in [0.25, 0.3) is 10.0 Å². The molecule has 0 aromatic heterocycles. The van der Waals surface area contributed by atoms with Gasteiger partial charge in [-0.25, -0.2) is 13.2 Å². The maximum atomic E-state index is 12.7. The van der Waals surface area contributed by atoms with E-state index in [0.29, 0.717) is 18.0 Å². The first-order chi connectivity index (χ1) is 14.0. The van der Waals surface area contributed by atoms with E-state index in [9.17, 15) is 13.2 Å². The van der Waals surface area contributed by atoms with Crippen molar-refractivity contribution in [2.45, 2.75) is 11.3 Å². The van der Waals surface area contributed by atoms with Crippen molar-refractivity contribution in [3.05, 3.63) is 90.0 Å². The molecule has 0 amide bonds. The van der Waals surface area contributed by atoms with Crippen LogP contribution in [0, 0.1) is 0 Å². The van der Waals surface area contributed by atoms with E-state index in [0.717, 1.165) is 12.0 Å². The van der Waals surface area contributed by atoms with E-state index >= 15 is 0 Å². The fourth-order valence-electron chi connectivity index (χ4n) is 2.70. The second-order valence-electron chi connectivity index (χ2n) is 6.24. The molecule has 1 N–H and O–H groups in total. The van der Waals surface area contributed by atoms with Gasteiger partial charge >= 0.3 is 5.97 Å². The molecule has 150 valence electrons. The average molecular weight is 411 g/mol. The maximum Gasteiger partial charge on any atom is 0.337 e. The summed E-state index contributed by atoms with van der Waals surface area (Å²) in [6.07, 6.45) is 0.747. The largest absolute Gasteiger partial charge is 0.493 e. The number of hydrogen-bond acceptors (Lipinski definition) is 5. The predicted molar refractivity (Wildman–Crippen MR) is 111 cm³/mol. The third kappa shape index (κ3) is 5.58. The topological polar surface area (TPSA) is 81.7 Å². The van der Waals surface area contributed by atoms with Crippen LogP contribution in [0.15, 0.2) is 83.8 Å². The standard InChI is InChI=1S/C22H21NO5S/c1-27-22(24)18-9-5-12-21(15-18)29(25,26)23-19-10-6-11-20(16-19)28-14-13-17-7-3-2-4-8-17/h2-12,15-16,23H,13-14H2,1H3. The fourth-order valence-corrected chi connectivity index (χ4v) is 3.80. The average Bonchev–Trinajstić information content (AvgIpc) is 2.74. The van der Waals surface area contributed by atoms with Crippen molar-refractivity contribution in [3.63, 3.8) is 0 Å². The molecule has 3 aromatic carbocycles. The molecule has 0 spiro atoms. The van der Waals surface area contributed by atoms with Gasteiger partial charge in [0, 0.05) is 12.5 Å². The number of ether oxygens (including phenoxy) is 2. The van der Waals surface area contributed by atoms with Gasteiger partial charge in [0.1, 0.15) is 5.75 Å². The van der Waals surface area contributed by atoms with Crippen molar-refractivity contribution in [2.75, 3.05) is 18.4 Å². The zero-order valence-corrected chi connectivity index (χ0v) is 16.7. The van der Waals surface area contributed by atoms with E-state index in [1.807, 2.05) is 30.3 Å². The molecule has 0 radical (unpaired) electrons. The molecule has 0 fully saturated rings. The van der Waals surface area contributed by atoms with Crippen molar-refractivity contribution in [2.24, 2.45) is 0 Å². The summed E-state index contributed by atoms with van der Waals surface area (Å²) in [6, 6.07) is 22.3. The van der Waals surface area contributed by atoms with Crippen molar-refractivity contribution < 1.29 is 22.7 Å². The van der Waals surface area contributed by atoms with Crippen LogP contribution in [0.25, 0.3) is 0 Å². The number of hydrogen-bond donors (Lipinski definition) is 1. The van der Waals surface area contributed by atoms with Crippen LogP contribution in [0.5, 0.6) is 5.75 Å². The highest BCUT2D eigenvalue weighted by molar-refractivity contribution is 7.92. The van der Waals surface area contributed by atoms with E-state index in [1.54, 1.807) is 24.3 Å². The van der Waals surface area contributed by atoms with Gasteiger partial charge < -0.3 is 9.47 Å². The van der Waals surface area contributed by atoms with E-state index < -0.39 is 16.0 Å². The summed E-state index contributed by atoms with van der Waals surface area (Å²) in [5.41, 5.74) is 1.69. The van der Waals surface area contributed by atoms with Gasteiger partial charge in [0.15, 0.2) is 0 Å². The molecule has 0 atom stereocenters. The van der Waals surface area contributed by atoms with E-state index in [2.05, 4.69) is 9.46 Å². The van der Waals surface area contributed by atoms with Crippen molar-refractivity contribution >= 4 is 21.7 Å². The van der Waals surface area contributed by atoms with E-state index in [-0.39, 0.29) is 10.5 Å². The molecule has 0 heterocycles. The Labute approximate surface area is 170 Å². The lowest BCUT2D eigenvalue weighted by Gasteiger charge is -2.11. The lowest BCUT2D eigenvalue weighted by molar-refractivity contribution is 0.0600. The molecule has 0 saturated carbocycles. The second kappa shape index (κ2) is 9.25. The fraction of sp³-hybridized carbons (Fsp3) is 0.136. The number of rotatable bonds is 8. The number of esters is 1. The molecule has 0 aliphatic carbocycles. The molecule has 0 unspecified atom stereocenters.